The van der Waals surface area contributed by atoms with Gasteiger partial charge in [-0.1, -0.05) is 10.4 Å². The molecule has 2 aromatic heterocycles. The SMILES string of the molecule is Cn1nncc1-c1cc(N)on1. The molecule has 0 aliphatic rings. The second-order valence-corrected chi connectivity index (χ2v) is 2.36. The molecule has 0 saturated carbocycles. The number of aryl methyl sites for hydroxylation is 1. The van der Waals surface area contributed by atoms with E-state index in [4.69, 9.17) is 10.3 Å². The highest BCUT2D eigenvalue weighted by atomic mass is 16.5. The molecule has 0 amide bonds. The molecule has 0 spiro atoms. The van der Waals surface area contributed by atoms with E-state index in [0.717, 1.165) is 5.69 Å². The Hall–Kier alpha value is -1.85. The summed E-state index contributed by atoms with van der Waals surface area (Å²) in [5.41, 5.74) is 6.77. The van der Waals surface area contributed by atoms with Gasteiger partial charge in [-0.25, -0.2) is 4.68 Å². The number of aromatic nitrogens is 4. The Morgan fingerprint density at radius 1 is 1.58 bits per heavy atom. The van der Waals surface area contributed by atoms with Crippen molar-refractivity contribution < 1.29 is 4.52 Å². The zero-order chi connectivity index (χ0) is 8.55. The van der Waals surface area contributed by atoms with Gasteiger partial charge in [0.05, 0.1) is 6.20 Å². The predicted molar refractivity (Wildman–Crippen MR) is 40.9 cm³/mol. The Labute approximate surface area is 68.0 Å². The van der Waals surface area contributed by atoms with Gasteiger partial charge >= 0.3 is 0 Å². The molecular weight excluding hydrogens is 158 g/mol. The molecule has 0 aliphatic carbocycles. The second kappa shape index (κ2) is 2.33. The normalized spacial score (nSPS) is 10.4. The van der Waals surface area contributed by atoms with Crippen LogP contribution in [0.2, 0.25) is 0 Å². The van der Waals surface area contributed by atoms with Gasteiger partial charge in [-0.2, -0.15) is 0 Å². The molecule has 6 nitrogen and oxygen atoms in total. The summed E-state index contributed by atoms with van der Waals surface area (Å²) in [4.78, 5) is 0. The summed E-state index contributed by atoms with van der Waals surface area (Å²) >= 11 is 0. The first-order chi connectivity index (χ1) is 5.77. The lowest BCUT2D eigenvalue weighted by atomic mass is 10.3. The quantitative estimate of drug-likeness (QED) is 0.645. The van der Waals surface area contributed by atoms with Crippen LogP contribution in [0.15, 0.2) is 16.8 Å². The van der Waals surface area contributed by atoms with Gasteiger partial charge in [0, 0.05) is 13.1 Å². The van der Waals surface area contributed by atoms with Crippen molar-refractivity contribution in [2.45, 2.75) is 0 Å². The molecule has 0 aliphatic heterocycles. The fourth-order valence-corrected chi connectivity index (χ4v) is 0.932. The first-order valence-corrected chi connectivity index (χ1v) is 3.34. The van der Waals surface area contributed by atoms with Crippen LogP contribution in [0.4, 0.5) is 5.88 Å². The number of rotatable bonds is 1. The molecule has 0 aromatic carbocycles. The van der Waals surface area contributed by atoms with Crippen molar-refractivity contribution in [2.75, 3.05) is 5.73 Å². The van der Waals surface area contributed by atoms with Crippen LogP contribution in [0.3, 0.4) is 0 Å². The molecule has 2 N–H and O–H groups in total. The molecule has 0 atom stereocenters. The van der Waals surface area contributed by atoms with E-state index in [1.807, 2.05) is 0 Å². The fraction of sp³-hybridized carbons (Fsp3) is 0.167. The van der Waals surface area contributed by atoms with Crippen molar-refractivity contribution in [1.29, 1.82) is 0 Å². The first kappa shape index (κ1) is 6.84. The summed E-state index contributed by atoms with van der Waals surface area (Å²) in [5, 5.41) is 11.2. The van der Waals surface area contributed by atoms with Gasteiger partial charge in [-0.05, 0) is 0 Å². The van der Waals surface area contributed by atoms with Crippen molar-refractivity contribution in [1.82, 2.24) is 20.2 Å². The van der Waals surface area contributed by atoms with Crippen molar-refractivity contribution in [3.63, 3.8) is 0 Å². The number of nitrogen functional groups attached to an aromatic ring is 1. The van der Waals surface area contributed by atoms with E-state index in [1.54, 1.807) is 24.0 Å². The van der Waals surface area contributed by atoms with Gasteiger partial charge in [0.25, 0.3) is 0 Å². The van der Waals surface area contributed by atoms with Crippen molar-refractivity contribution in [3.05, 3.63) is 12.3 Å². The molecule has 0 unspecified atom stereocenters. The molecule has 12 heavy (non-hydrogen) atoms. The van der Waals surface area contributed by atoms with Gasteiger partial charge in [-0.15, -0.1) is 5.10 Å². The van der Waals surface area contributed by atoms with Gasteiger partial charge in [0.15, 0.2) is 0 Å². The largest absolute Gasteiger partial charge is 0.368 e. The minimum atomic E-state index is 0.284. The van der Waals surface area contributed by atoms with Crippen LogP contribution in [0.5, 0.6) is 0 Å². The summed E-state index contributed by atoms with van der Waals surface area (Å²) in [7, 11) is 1.77. The standard InChI is InChI=1S/C6H7N5O/c1-11-5(3-8-10-11)4-2-6(7)12-9-4/h2-3H,7H2,1H3. The Morgan fingerprint density at radius 3 is 2.92 bits per heavy atom. The van der Waals surface area contributed by atoms with Crippen LogP contribution in [-0.4, -0.2) is 20.2 Å². The third kappa shape index (κ3) is 0.931. The minimum Gasteiger partial charge on any atom is -0.368 e. The molecule has 2 rings (SSSR count). The zero-order valence-electron chi connectivity index (χ0n) is 6.43. The molecule has 0 bridgehead atoms. The number of nitrogens with zero attached hydrogens (tertiary/aromatic N) is 4. The van der Waals surface area contributed by atoms with E-state index in [-0.39, 0.29) is 5.88 Å². The lowest BCUT2D eigenvalue weighted by Crippen LogP contribution is -1.93. The maximum absolute atomic E-state index is 5.36. The first-order valence-electron chi connectivity index (χ1n) is 3.34. The maximum atomic E-state index is 5.36. The third-order valence-electron chi connectivity index (χ3n) is 1.51. The molecule has 2 heterocycles. The van der Waals surface area contributed by atoms with E-state index < -0.39 is 0 Å². The topological polar surface area (TPSA) is 82.8 Å². The van der Waals surface area contributed by atoms with Gasteiger partial charge < -0.3 is 10.3 Å². The Kier molecular flexibility index (Phi) is 1.33. The highest BCUT2D eigenvalue weighted by Gasteiger charge is 2.07. The van der Waals surface area contributed by atoms with Crippen LogP contribution >= 0.6 is 0 Å². The zero-order valence-corrected chi connectivity index (χ0v) is 6.43. The summed E-state index contributed by atoms with van der Waals surface area (Å²) < 4.78 is 6.30. The lowest BCUT2D eigenvalue weighted by molar-refractivity contribution is 0.438. The second-order valence-electron chi connectivity index (χ2n) is 2.36. The van der Waals surface area contributed by atoms with Gasteiger partial charge in [0.2, 0.25) is 5.88 Å². The van der Waals surface area contributed by atoms with Crippen molar-refractivity contribution in [3.8, 4) is 11.4 Å². The van der Waals surface area contributed by atoms with E-state index >= 15 is 0 Å². The van der Waals surface area contributed by atoms with Crippen LogP contribution in [0.25, 0.3) is 11.4 Å². The van der Waals surface area contributed by atoms with Crippen LogP contribution in [0, 0.1) is 0 Å². The number of nitrogens with two attached hydrogens (primary N) is 1. The molecule has 0 radical (unpaired) electrons. The smallest absolute Gasteiger partial charge is 0.222 e. The van der Waals surface area contributed by atoms with E-state index in [2.05, 4.69) is 15.5 Å². The molecule has 62 valence electrons. The van der Waals surface area contributed by atoms with Gasteiger partial charge in [-0.3, -0.25) is 0 Å². The fourth-order valence-electron chi connectivity index (χ4n) is 0.932. The molecule has 0 fully saturated rings. The summed E-state index contributed by atoms with van der Waals surface area (Å²) in [5.74, 6) is 0.284. The summed E-state index contributed by atoms with van der Waals surface area (Å²) in [6.45, 7) is 0. The summed E-state index contributed by atoms with van der Waals surface area (Å²) in [6, 6.07) is 1.62. The van der Waals surface area contributed by atoms with Crippen molar-refractivity contribution >= 4 is 5.88 Å². The molecule has 2 aromatic rings. The lowest BCUT2D eigenvalue weighted by Gasteiger charge is -1.91. The Balaban J connectivity index is 2.50. The Bertz CT molecular complexity index is 390. The molecular formula is C6H7N5O. The monoisotopic (exact) mass is 165 g/mol. The highest BCUT2D eigenvalue weighted by Crippen LogP contribution is 2.17. The maximum Gasteiger partial charge on any atom is 0.222 e. The van der Waals surface area contributed by atoms with Crippen molar-refractivity contribution in [2.24, 2.45) is 7.05 Å². The van der Waals surface area contributed by atoms with E-state index in [9.17, 15) is 0 Å². The Morgan fingerprint density at radius 2 is 2.42 bits per heavy atom. The van der Waals surface area contributed by atoms with Crippen LogP contribution in [0.1, 0.15) is 0 Å². The average Bonchev–Trinajstić information content (AvgIpc) is 2.58. The number of hydrogen-bond donors (Lipinski definition) is 1. The number of anilines is 1. The highest BCUT2D eigenvalue weighted by molar-refractivity contribution is 5.55. The predicted octanol–water partition coefficient (Wildman–Crippen LogP) is 0.0523. The van der Waals surface area contributed by atoms with E-state index in [1.165, 1.54) is 0 Å². The van der Waals surface area contributed by atoms with Crippen LogP contribution in [-0.2, 0) is 7.05 Å². The summed E-state index contributed by atoms with van der Waals surface area (Å²) in [6.07, 6.45) is 1.59. The minimum absolute atomic E-state index is 0.284. The number of hydrogen-bond acceptors (Lipinski definition) is 5. The average molecular weight is 165 g/mol. The van der Waals surface area contributed by atoms with E-state index in [0.29, 0.717) is 5.69 Å². The third-order valence-corrected chi connectivity index (χ3v) is 1.51. The molecule has 6 heteroatoms. The molecule has 0 saturated heterocycles. The van der Waals surface area contributed by atoms with Gasteiger partial charge in [0.1, 0.15) is 11.4 Å². The van der Waals surface area contributed by atoms with Crippen LogP contribution < -0.4 is 5.73 Å².